The Kier molecular flexibility index (Phi) is 3.54. The topological polar surface area (TPSA) is 62.2 Å². The zero-order chi connectivity index (χ0) is 14.1. The maximum absolute atomic E-state index is 12.1. The molecule has 4 nitrogen and oxygen atoms in total. The summed E-state index contributed by atoms with van der Waals surface area (Å²) < 4.78 is 0. The molecule has 0 radical (unpaired) electrons. The normalized spacial score (nSPS) is 20.7. The van der Waals surface area contributed by atoms with Crippen molar-refractivity contribution in [1.29, 1.82) is 0 Å². The fraction of sp³-hybridized carbons (Fsp3) is 0.333. The smallest absolute Gasteiger partial charge is 0.226 e. The first kappa shape index (κ1) is 13.3. The van der Waals surface area contributed by atoms with Crippen LogP contribution in [0, 0.1) is 6.92 Å². The van der Waals surface area contributed by atoms with E-state index in [1.165, 1.54) is 11.3 Å². The Morgan fingerprint density at radius 1 is 1.50 bits per heavy atom. The van der Waals surface area contributed by atoms with Crippen molar-refractivity contribution < 1.29 is 9.90 Å². The van der Waals surface area contributed by atoms with Crippen LogP contribution in [0.4, 0.5) is 0 Å². The number of carbonyl (C=O) groups excluding carboxylic acids is 1. The van der Waals surface area contributed by atoms with Crippen LogP contribution in [-0.4, -0.2) is 22.1 Å². The third-order valence-electron chi connectivity index (χ3n) is 3.53. The quantitative estimate of drug-likeness (QED) is 0.905. The number of nitrogens with one attached hydrogen (secondary N) is 1. The van der Waals surface area contributed by atoms with Crippen molar-refractivity contribution in [2.75, 3.05) is 0 Å². The average molecular weight is 288 g/mol. The van der Waals surface area contributed by atoms with Crippen molar-refractivity contribution in [2.45, 2.75) is 31.9 Å². The van der Waals surface area contributed by atoms with Gasteiger partial charge in [-0.1, -0.05) is 24.3 Å². The molecule has 1 amide bonds. The van der Waals surface area contributed by atoms with E-state index in [0.29, 0.717) is 6.42 Å². The van der Waals surface area contributed by atoms with E-state index in [0.717, 1.165) is 21.8 Å². The molecule has 2 N–H and O–H groups in total. The third-order valence-corrected chi connectivity index (χ3v) is 4.35. The zero-order valence-corrected chi connectivity index (χ0v) is 12.0. The molecule has 1 heterocycles. The first-order chi connectivity index (χ1) is 9.63. The van der Waals surface area contributed by atoms with Crippen molar-refractivity contribution in [3.63, 3.8) is 0 Å². The Hall–Kier alpha value is -1.72. The summed E-state index contributed by atoms with van der Waals surface area (Å²) in [5, 5.41) is 15.9. The second-order valence-corrected chi connectivity index (χ2v) is 6.11. The van der Waals surface area contributed by atoms with E-state index < -0.39 is 6.10 Å². The summed E-state index contributed by atoms with van der Waals surface area (Å²) in [7, 11) is 0. The molecule has 0 aliphatic heterocycles. The minimum absolute atomic E-state index is 0.101. The minimum Gasteiger partial charge on any atom is -0.390 e. The molecule has 20 heavy (non-hydrogen) atoms. The summed E-state index contributed by atoms with van der Waals surface area (Å²) in [6.45, 7) is 1.92. The number of hydrogen-bond donors (Lipinski definition) is 2. The van der Waals surface area contributed by atoms with Crippen molar-refractivity contribution >= 4 is 17.2 Å². The first-order valence-corrected chi connectivity index (χ1v) is 7.47. The number of aromatic nitrogens is 1. The van der Waals surface area contributed by atoms with Crippen molar-refractivity contribution in [2.24, 2.45) is 0 Å². The van der Waals surface area contributed by atoms with Crippen LogP contribution in [0.2, 0.25) is 0 Å². The van der Waals surface area contributed by atoms with Gasteiger partial charge in [-0.3, -0.25) is 4.79 Å². The van der Waals surface area contributed by atoms with Crippen molar-refractivity contribution in [1.82, 2.24) is 10.3 Å². The molecule has 1 aromatic carbocycles. The van der Waals surface area contributed by atoms with E-state index in [9.17, 15) is 9.90 Å². The number of hydrogen-bond acceptors (Lipinski definition) is 4. The molecule has 5 heteroatoms. The summed E-state index contributed by atoms with van der Waals surface area (Å²) in [6.07, 6.45) is 0.306. The summed E-state index contributed by atoms with van der Waals surface area (Å²) >= 11 is 1.54. The summed E-state index contributed by atoms with van der Waals surface area (Å²) in [4.78, 5) is 16.4. The molecule has 104 valence electrons. The largest absolute Gasteiger partial charge is 0.390 e. The third kappa shape index (κ3) is 2.59. The monoisotopic (exact) mass is 288 g/mol. The molecule has 1 aliphatic rings. The summed E-state index contributed by atoms with van der Waals surface area (Å²) in [6, 6.07) is 7.53. The molecular formula is C15H16N2O2S. The Bertz CT molecular complexity index is 638. The Morgan fingerprint density at radius 3 is 3.05 bits per heavy atom. The van der Waals surface area contributed by atoms with Gasteiger partial charge in [0.25, 0.3) is 0 Å². The second-order valence-electron chi connectivity index (χ2n) is 5.05. The fourth-order valence-electron chi connectivity index (χ4n) is 2.63. The van der Waals surface area contributed by atoms with E-state index in [2.05, 4.69) is 10.3 Å². The lowest BCUT2D eigenvalue weighted by molar-refractivity contribution is -0.122. The lowest BCUT2D eigenvalue weighted by Crippen LogP contribution is -2.34. The van der Waals surface area contributed by atoms with Gasteiger partial charge in [-0.05, 0) is 18.1 Å². The maximum Gasteiger partial charge on any atom is 0.226 e. The van der Waals surface area contributed by atoms with E-state index in [4.69, 9.17) is 0 Å². The van der Waals surface area contributed by atoms with Crippen LogP contribution < -0.4 is 5.32 Å². The van der Waals surface area contributed by atoms with Crippen molar-refractivity contribution in [3.05, 3.63) is 51.5 Å². The van der Waals surface area contributed by atoms with E-state index in [-0.39, 0.29) is 18.4 Å². The Morgan fingerprint density at radius 2 is 2.30 bits per heavy atom. The number of carbonyl (C=O) groups is 1. The number of aliphatic hydroxyl groups is 1. The molecule has 0 unspecified atom stereocenters. The lowest BCUT2D eigenvalue weighted by atomic mass is 10.1. The predicted molar refractivity (Wildman–Crippen MR) is 77.6 cm³/mol. The minimum atomic E-state index is -0.548. The number of amides is 1. The predicted octanol–water partition coefficient (Wildman–Crippen LogP) is 1.77. The molecule has 0 bridgehead atoms. The molecule has 0 fully saturated rings. The summed E-state index contributed by atoms with van der Waals surface area (Å²) in [5.41, 5.74) is 2.91. The van der Waals surface area contributed by atoms with Gasteiger partial charge in [0, 0.05) is 11.8 Å². The van der Waals surface area contributed by atoms with Gasteiger partial charge in [0.15, 0.2) is 0 Å². The highest BCUT2D eigenvalue weighted by molar-refractivity contribution is 7.09. The van der Waals surface area contributed by atoms with Crippen LogP contribution in [0.15, 0.2) is 29.6 Å². The molecule has 0 saturated carbocycles. The zero-order valence-electron chi connectivity index (χ0n) is 11.2. The number of thiazole rings is 1. The van der Waals surface area contributed by atoms with Gasteiger partial charge >= 0.3 is 0 Å². The number of nitrogens with zero attached hydrogens (tertiary/aromatic N) is 1. The van der Waals surface area contributed by atoms with Crippen LogP contribution in [0.25, 0.3) is 0 Å². The number of fused-ring (bicyclic) bond motifs is 1. The number of rotatable bonds is 3. The SMILES string of the molecule is Cc1nc(CC(=O)N[C@H]2c3ccccc3C[C@H]2O)cs1. The van der Waals surface area contributed by atoms with Gasteiger partial charge in [-0.2, -0.15) is 0 Å². The second kappa shape index (κ2) is 5.34. The van der Waals surface area contributed by atoms with Crippen LogP contribution >= 0.6 is 11.3 Å². The molecule has 1 aliphatic carbocycles. The Balaban J connectivity index is 1.70. The molecule has 2 atom stereocenters. The highest BCUT2D eigenvalue weighted by Crippen LogP contribution is 2.31. The fourth-order valence-corrected chi connectivity index (χ4v) is 3.24. The number of benzene rings is 1. The van der Waals surface area contributed by atoms with Crippen LogP contribution in [0.1, 0.15) is 27.9 Å². The molecule has 1 aromatic heterocycles. The standard InChI is InChI=1S/C15H16N2O2S/c1-9-16-11(8-20-9)7-14(19)17-15-12-5-3-2-4-10(12)6-13(15)18/h2-5,8,13,15,18H,6-7H2,1H3,(H,17,19)/t13-,15+/m1/s1. The number of aryl methyl sites for hydroxylation is 1. The van der Waals surface area contributed by atoms with Crippen LogP contribution in [-0.2, 0) is 17.6 Å². The van der Waals surface area contributed by atoms with E-state index >= 15 is 0 Å². The molecule has 0 spiro atoms. The molecule has 0 saturated heterocycles. The van der Waals surface area contributed by atoms with Gasteiger partial charge in [0.1, 0.15) is 0 Å². The number of aliphatic hydroxyl groups excluding tert-OH is 1. The highest BCUT2D eigenvalue weighted by atomic mass is 32.1. The van der Waals surface area contributed by atoms with E-state index in [1.807, 2.05) is 36.6 Å². The summed E-state index contributed by atoms with van der Waals surface area (Å²) in [5.74, 6) is -0.101. The van der Waals surface area contributed by atoms with Crippen LogP contribution in [0.3, 0.4) is 0 Å². The van der Waals surface area contributed by atoms with Gasteiger partial charge in [-0.25, -0.2) is 4.98 Å². The van der Waals surface area contributed by atoms with Gasteiger partial charge in [0.2, 0.25) is 5.91 Å². The molecule has 2 aromatic rings. The van der Waals surface area contributed by atoms with Crippen LogP contribution in [0.5, 0.6) is 0 Å². The first-order valence-electron chi connectivity index (χ1n) is 6.59. The maximum atomic E-state index is 12.1. The molecule has 3 rings (SSSR count). The van der Waals surface area contributed by atoms with Crippen molar-refractivity contribution in [3.8, 4) is 0 Å². The average Bonchev–Trinajstić information content (AvgIpc) is 2.94. The Labute approximate surface area is 121 Å². The van der Waals surface area contributed by atoms with Gasteiger partial charge < -0.3 is 10.4 Å². The van der Waals surface area contributed by atoms with E-state index in [1.54, 1.807) is 0 Å². The molecular weight excluding hydrogens is 272 g/mol. The van der Waals surface area contributed by atoms with Gasteiger partial charge in [-0.15, -0.1) is 11.3 Å². The lowest BCUT2D eigenvalue weighted by Gasteiger charge is -2.17. The van der Waals surface area contributed by atoms with Gasteiger partial charge in [0.05, 0.1) is 29.3 Å². The highest BCUT2D eigenvalue weighted by Gasteiger charge is 2.31.